The number of carbonyl (C=O) groups is 1. The highest BCUT2D eigenvalue weighted by Gasteiger charge is 2.25. The number of hydrogen-bond donors (Lipinski definition) is 2. The van der Waals surface area contributed by atoms with Gasteiger partial charge in [-0.2, -0.15) is 0 Å². The molecule has 0 spiro atoms. The van der Waals surface area contributed by atoms with Gasteiger partial charge >= 0.3 is 5.97 Å². The fourth-order valence-corrected chi connectivity index (χ4v) is 2.62. The van der Waals surface area contributed by atoms with Crippen molar-refractivity contribution >= 4 is 17.6 Å². The molecule has 1 unspecified atom stereocenters. The molecule has 104 valence electrons. The van der Waals surface area contributed by atoms with E-state index in [1.165, 1.54) is 18.6 Å². The minimum absolute atomic E-state index is 0.00514. The summed E-state index contributed by atoms with van der Waals surface area (Å²) in [4.78, 5) is 11.4. The summed E-state index contributed by atoms with van der Waals surface area (Å²) in [6.45, 7) is 0. The standard InChI is InChI=1S/C14H17ClFNO2/c15-11-7-6-9(8-12(11)16)13(14(18)19)17-10-4-2-1-3-5-10/h6-8,10,13,17H,1-5H2,(H,18,19). The molecule has 2 rings (SSSR count). The van der Waals surface area contributed by atoms with Gasteiger partial charge in [0.15, 0.2) is 0 Å². The molecule has 1 aromatic carbocycles. The zero-order valence-electron chi connectivity index (χ0n) is 10.5. The molecular formula is C14H17ClFNO2. The number of carboxylic acids is 1. The molecule has 1 saturated carbocycles. The van der Waals surface area contributed by atoms with Gasteiger partial charge in [0.1, 0.15) is 11.9 Å². The van der Waals surface area contributed by atoms with Crippen molar-refractivity contribution in [1.82, 2.24) is 5.32 Å². The minimum Gasteiger partial charge on any atom is -0.480 e. The lowest BCUT2D eigenvalue weighted by Gasteiger charge is -2.26. The Hall–Kier alpha value is -1.13. The predicted molar refractivity (Wildman–Crippen MR) is 71.8 cm³/mol. The Labute approximate surface area is 116 Å². The van der Waals surface area contributed by atoms with Crippen molar-refractivity contribution in [3.63, 3.8) is 0 Å². The van der Waals surface area contributed by atoms with Gasteiger partial charge in [-0.3, -0.25) is 10.1 Å². The third-order valence-electron chi connectivity index (χ3n) is 3.53. The predicted octanol–water partition coefficient (Wildman–Crippen LogP) is 3.53. The normalized spacial score (nSPS) is 18.2. The molecule has 0 aliphatic heterocycles. The molecule has 1 aliphatic carbocycles. The number of benzene rings is 1. The van der Waals surface area contributed by atoms with E-state index in [4.69, 9.17) is 11.6 Å². The first kappa shape index (κ1) is 14.3. The summed E-state index contributed by atoms with van der Waals surface area (Å²) in [5.41, 5.74) is 0.403. The van der Waals surface area contributed by atoms with Crippen LogP contribution >= 0.6 is 11.6 Å². The molecule has 0 amide bonds. The third kappa shape index (κ3) is 3.67. The van der Waals surface area contributed by atoms with Crippen LogP contribution in [0.15, 0.2) is 18.2 Å². The van der Waals surface area contributed by atoms with Gasteiger partial charge in [0.05, 0.1) is 5.02 Å². The van der Waals surface area contributed by atoms with Crippen molar-refractivity contribution in [2.75, 3.05) is 0 Å². The van der Waals surface area contributed by atoms with Crippen molar-refractivity contribution in [1.29, 1.82) is 0 Å². The molecule has 5 heteroatoms. The maximum Gasteiger partial charge on any atom is 0.325 e. The first-order valence-electron chi connectivity index (χ1n) is 6.51. The minimum atomic E-state index is -0.993. The van der Waals surface area contributed by atoms with E-state index in [1.54, 1.807) is 6.07 Å². The van der Waals surface area contributed by atoms with Crippen molar-refractivity contribution in [2.24, 2.45) is 0 Å². The average molecular weight is 286 g/mol. The topological polar surface area (TPSA) is 49.3 Å². The van der Waals surface area contributed by atoms with Crippen LogP contribution < -0.4 is 5.32 Å². The van der Waals surface area contributed by atoms with E-state index < -0.39 is 17.8 Å². The fraction of sp³-hybridized carbons (Fsp3) is 0.500. The second-order valence-electron chi connectivity index (χ2n) is 4.95. The van der Waals surface area contributed by atoms with Gasteiger partial charge in [-0.15, -0.1) is 0 Å². The molecule has 0 saturated heterocycles. The second-order valence-corrected chi connectivity index (χ2v) is 5.35. The summed E-state index contributed by atoms with van der Waals surface area (Å²) in [5, 5.41) is 12.4. The fourth-order valence-electron chi connectivity index (χ4n) is 2.51. The molecular weight excluding hydrogens is 269 g/mol. The molecule has 2 N–H and O–H groups in total. The summed E-state index contributed by atoms with van der Waals surface area (Å²) < 4.78 is 13.4. The maximum atomic E-state index is 13.4. The molecule has 1 fully saturated rings. The van der Waals surface area contributed by atoms with Crippen molar-refractivity contribution < 1.29 is 14.3 Å². The number of carboxylic acid groups (broad SMARTS) is 1. The zero-order valence-corrected chi connectivity index (χ0v) is 11.3. The van der Waals surface area contributed by atoms with Crippen LogP contribution in [0.25, 0.3) is 0 Å². The number of hydrogen-bond acceptors (Lipinski definition) is 2. The van der Waals surface area contributed by atoms with Crippen LogP contribution in [0.3, 0.4) is 0 Å². The van der Waals surface area contributed by atoms with Gasteiger partial charge in [0.25, 0.3) is 0 Å². The Balaban J connectivity index is 2.14. The summed E-state index contributed by atoms with van der Waals surface area (Å²) in [5.74, 6) is -1.58. The van der Waals surface area contributed by atoms with E-state index in [-0.39, 0.29) is 11.1 Å². The van der Waals surface area contributed by atoms with E-state index >= 15 is 0 Å². The Morgan fingerprint density at radius 1 is 1.37 bits per heavy atom. The summed E-state index contributed by atoms with van der Waals surface area (Å²) >= 11 is 5.61. The van der Waals surface area contributed by atoms with Crippen LogP contribution in [-0.2, 0) is 4.79 Å². The van der Waals surface area contributed by atoms with E-state index in [2.05, 4.69) is 5.32 Å². The Bertz CT molecular complexity index is 461. The third-order valence-corrected chi connectivity index (χ3v) is 3.84. The van der Waals surface area contributed by atoms with E-state index in [1.807, 2.05) is 0 Å². The van der Waals surface area contributed by atoms with Crippen LogP contribution in [0.2, 0.25) is 5.02 Å². The molecule has 1 atom stereocenters. The van der Waals surface area contributed by atoms with Crippen LogP contribution in [0.4, 0.5) is 4.39 Å². The van der Waals surface area contributed by atoms with E-state index in [0.29, 0.717) is 5.56 Å². The molecule has 0 aromatic heterocycles. The zero-order chi connectivity index (χ0) is 13.8. The summed E-state index contributed by atoms with van der Waals surface area (Å²) in [7, 11) is 0. The molecule has 1 aromatic rings. The average Bonchev–Trinajstić information content (AvgIpc) is 2.40. The molecule has 3 nitrogen and oxygen atoms in total. The second kappa shape index (κ2) is 6.35. The van der Waals surface area contributed by atoms with Crippen LogP contribution in [0, 0.1) is 5.82 Å². The van der Waals surface area contributed by atoms with E-state index in [0.717, 1.165) is 25.7 Å². The number of rotatable bonds is 4. The Morgan fingerprint density at radius 2 is 2.05 bits per heavy atom. The largest absolute Gasteiger partial charge is 0.480 e. The first-order chi connectivity index (χ1) is 9.08. The van der Waals surface area contributed by atoms with Crippen LogP contribution in [0.1, 0.15) is 43.7 Å². The quantitative estimate of drug-likeness (QED) is 0.890. The first-order valence-corrected chi connectivity index (χ1v) is 6.89. The lowest BCUT2D eigenvalue weighted by molar-refractivity contribution is -0.140. The smallest absolute Gasteiger partial charge is 0.325 e. The summed E-state index contributed by atoms with van der Waals surface area (Å²) in [6.07, 6.45) is 5.36. The molecule has 0 bridgehead atoms. The Morgan fingerprint density at radius 3 is 2.63 bits per heavy atom. The molecule has 0 heterocycles. The van der Waals surface area contributed by atoms with Gasteiger partial charge in [0.2, 0.25) is 0 Å². The Kier molecular flexibility index (Phi) is 4.77. The number of aliphatic carboxylic acids is 1. The highest BCUT2D eigenvalue weighted by molar-refractivity contribution is 6.30. The van der Waals surface area contributed by atoms with Crippen LogP contribution in [0.5, 0.6) is 0 Å². The number of halogens is 2. The van der Waals surface area contributed by atoms with Gasteiger partial charge < -0.3 is 5.11 Å². The van der Waals surface area contributed by atoms with Crippen molar-refractivity contribution in [3.05, 3.63) is 34.6 Å². The SMILES string of the molecule is O=C(O)C(NC1CCCCC1)c1ccc(Cl)c(F)c1. The highest BCUT2D eigenvalue weighted by atomic mass is 35.5. The molecule has 1 aliphatic rings. The maximum absolute atomic E-state index is 13.4. The lowest BCUT2D eigenvalue weighted by Crippen LogP contribution is -2.38. The number of nitrogens with one attached hydrogen (secondary N) is 1. The van der Waals surface area contributed by atoms with Crippen LogP contribution in [-0.4, -0.2) is 17.1 Å². The highest BCUT2D eigenvalue weighted by Crippen LogP contribution is 2.24. The summed E-state index contributed by atoms with van der Waals surface area (Å²) in [6, 6.07) is 3.45. The van der Waals surface area contributed by atoms with E-state index in [9.17, 15) is 14.3 Å². The monoisotopic (exact) mass is 285 g/mol. The molecule has 0 radical (unpaired) electrons. The lowest BCUT2D eigenvalue weighted by atomic mass is 9.94. The van der Waals surface area contributed by atoms with Gasteiger partial charge in [-0.1, -0.05) is 36.9 Å². The van der Waals surface area contributed by atoms with Gasteiger partial charge in [-0.05, 0) is 30.5 Å². The van der Waals surface area contributed by atoms with Gasteiger partial charge in [0, 0.05) is 6.04 Å². The molecule has 19 heavy (non-hydrogen) atoms. The van der Waals surface area contributed by atoms with Gasteiger partial charge in [-0.25, -0.2) is 4.39 Å². The van der Waals surface area contributed by atoms with Crippen molar-refractivity contribution in [3.8, 4) is 0 Å². The van der Waals surface area contributed by atoms with Crippen molar-refractivity contribution in [2.45, 2.75) is 44.2 Å².